The topological polar surface area (TPSA) is 56.8 Å². The summed E-state index contributed by atoms with van der Waals surface area (Å²) in [7, 11) is -1.51. The largest absolute Gasteiger partial charge is 0.488 e. The summed E-state index contributed by atoms with van der Waals surface area (Å²) in [6.45, 7) is 0. The second kappa shape index (κ2) is 10.5. The van der Waals surface area contributed by atoms with Crippen LogP contribution in [0.3, 0.4) is 0 Å². The molecule has 0 saturated carbocycles. The number of para-hydroxylation sites is 2. The highest BCUT2D eigenvalue weighted by Gasteiger charge is 2.17. The van der Waals surface area contributed by atoms with E-state index in [1.165, 1.54) is 0 Å². The van der Waals surface area contributed by atoms with Gasteiger partial charge < -0.3 is 19.4 Å². The third-order valence-corrected chi connectivity index (χ3v) is 7.52. The minimum atomic E-state index is -1.51. The molecular weight excluding hydrogens is 505 g/mol. The fourth-order valence-electron chi connectivity index (χ4n) is 5.44. The summed E-state index contributed by atoms with van der Waals surface area (Å²) in [5.41, 5.74) is 9.52. The summed E-state index contributed by atoms with van der Waals surface area (Å²) in [6.07, 6.45) is 0. The molecule has 5 heteroatoms. The fraction of sp³-hybridized carbons (Fsp3) is 0. The Balaban J connectivity index is 1.29. The molecule has 0 aliphatic rings. The molecule has 0 atom stereocenters. The summed E-state index contributed by atoms with van der Waals surface area (Å²) < 4.78 is 6.28. The summed E-state index contributed by atoms with van der Waals surface area (Å²) in [5, 5.41) is 21.5. The monoisotopic (exact) mass is 531 g/mol. The first-order valence-corrected chi connectivity index (χ1v) is 13.6. The first-order valence-electron chi connectivity index (χ1n) is 13.6. The third-order valence-electron chi connectivity index (χ3n) is 7.52. The Bertz CT molecular complexity index is 1950. The van der Waals surface area contributed by atoms with Crippen molar-refractivity contribution in [3.63, 3.8) is 0 Å². The molecule has 0 aliphatic heterocycles. The van der Waals surface area contributed by atoms with Gasteiger partial charge in [-0.05, 0) is 64.6 Å². The number of nitrogens with zero attached hydrogens (tertiary/aromatic N) is 1. The van der Waals surface area contributed by atoms with Crippen molar-refractivity contribution in [1.29, 1.82) is 0 Å². The van der Waals surface area contributed by atoms with Gasteiger partial charge in [0.25, 0.3) is 0 Å². The van der Waals surface area contributed by atoms with Crippen LogP contribution in [-0.4, -0.2) is 17.2 Å². The SMILES string of the molecule is OB(O)c1ccc(N(c2ccc(-c3ccccc3)cc2)c2ccc(-c3cccc4c3oc3ccccc34)cc2)cc1. The molecule has 0 fully saturated rings. The van der Waals surface area contributed by atoms with Crippen molar-refractivity contribution in [2.75, 3.05) is 4.90 Å². The van der Waals surface area contributed by atoms with Crippen molar-refractivity contribution in [3.8, 4) is 22.3 Å². The Morgan fingerprint density at radius 3 is 1.66 bits per heavy atom. The quantitative estimate of drug-likeness (QED) is 0.213. The van der Waals surface area contributed by atoms with E-state index in [0.29, 0.717) is 5.46 Å². The van der Waals surface area contributed by atoms with Crippen LogP contribution in [0.2, 0.25) is 0 Å². The number of anilines is 3. The van der Waals surface area contributed by atoms with Gasteiger partial charge >= 0.3 is 7.12 Å². The zero-order valence-corrected chi connectivity index (χ0v) is 22.2. The van der Waals surface area contributed by atoms with E-state index in [1.54, 1.807) is 12.1 Å². The van der Waals surface area contributed by atoms with Crippen LogP contribution in [0.1, 0.15) is 0 Å². The van der Waals surface area contributed by atoms with Gasteiger partial charge in [0.05, 0.1) is 0 Å². The van der Waals surface area contributed by atoms with Crippen molar-refractivity contribution in [1.82, 2.24) is 0 Å². The maximum atomic E-state index is 9.62. The maximum Gasteiger partial charge on any atom is 0.488 e. The summed E-state index contributed by atoms with van der Waals surface area (Å²) in [6, 6.07) is 48.9. The lowest BCUT2D eigenvalue weighted by Crippen LogP contribution is -2.29. The smallest absolute Gasteiger partial charge is 0.455 e. The van der Waals surface area contributed by atoms with Crippen molar-refractivity contribution in [2.24, 2.45) is 0 Å². The Labute approximate surface area is 238 Å². The van der Waals surface area contributed by atoms with E-state index in [0.717, 1.165) is 61.3 Å². The van der Waals surface area contributed by atoms with Crippen LogP contribution in [0.5, 0.6) is 0 Å². The van der Waals surface area contributed by atoms with E-state index < -0.39 is 7.12 Å². The molecule has 4 nitrogen and oxygen atoms in total. The predicted molar refractivity (Wildman–Crippen MR) is 169 cm³/mol. The van der Waals surface area contributed by atoms with Gasteiger partial charge in [0.15, 0.2) is 0 Å². The zero-order chi connectivity index (χ0) is 27.8. The summed E-state index contributed by atoms with van der Waals surface area (Å²) in [4.78, 5) is 2.16. The van der Waals surface area contributed by atoms with Gasteiger partial charge in [0, 0.05) is 33.4 Å². The molecule has 7 aromatic rings. The average molecular weight is 531 g/mol. The van der Waals surface area contributed by atoms with Gasteiger partial charge in [-0.15, -0.1) is 0 Å². The van der Waals surface area contributed by atoms with Crippen molar-refractivity contribution in [2.45, 2.75) is 0 Å². The van der Waals surface area contributed by atoms with E-state index >= 15 is 0 Å². The Hall–Kier alpha value is -5.10. The van der Waals surface area contributed by atoms with Gasteiger partial charge in [0.2, 0.25) is 0 Å². The standard InChI is InChI=1S/C36H26BNO3/c39-37(40)28-17-23-31(24-18-28)38(29-19-13-26(14-20-29)25-7-2-1-3-8-25)30-21-15-27(16-22-30)32-10-6-11-34-33-9-4-5-12-35(33)41-36(32)34/h1-24,39-40H. The van der Waals surface area contributed by atoms with Gasteiger partial charge in [-0.25, -0.2) is 0 Å². The number of rotatable bonds is 6. The first-order chi connectivity index (χ1) is 20.2. The van der Waals surface area contributed by atoms with E-state index in [-0.39, 0.29) is 0 Å². The van der Waals surface area contributed by atoms with Gasteiger partial charge in [-0.1, -0.05) is 103 Å². The third kappa shape index (κ3) is 4.68. The van der Waals surface area contributed by atoms with Crippen LogP contribution >= 0.6 is 0 Å². The molecule has 41 heavy (non-hydrogen) atoms. The minimum absolute atomic E-state index is 0.447. The molecule has 0 spiro atoms. The molecule has 0 bridgehead atoms. The normalized spacial score (nSPS) is 11.2. The van der Waals surface area contributed by atoms with Gasteiger partial charge in [-0.3, -0.25) is 0 Å². The average Bonchev–Trinajstić information content (AvgIpc) is 3.42. The Morgan fingerprint density at radius 2 is 1.00 bits per heavy atom. The van der Waals surface area contributed by atoms with Crippen LogP contribution in [0, 0.1) is 0 Å². The molecule has 0 saturated heterocycles. The molecule has 0 unspecified atom stereocenters. The molecule has 0 radical (unpaired) electrons. The summed E-state index contributed by atoms with van der Waals surface area (Å²) in [5.74, 6) is 0. The molecule has 2 N–H and O–H groups in total. The number of fused-ring (bicyclic) bond motifs is 3. The van der Waals surface area contributed by atoms with Crippen molar-refractivity contribution in [3.05, 3.63) is 146 Å². The summed E-state index contributed by atoms with van der Waals surface area (Å²) >= 11 is 0. The maximum absolute atomic E-state index is 9.62. The lowest BCUT2D eigenvalue weighted by atomic mass is 9.80. The molecule has 1 heterocycles. The van der Waals surface area contributed by atoms with Crippen LogP contribution in [-0.2, 0) is 0 Å². The van der Waals surface area contributed by atoms with E-state index in [2.05, 4.69) is 89.8 Å². The predicted octanol–water partition coefficient (Wildman–Crippen LogP) is 8.07. The number of furan rings is 1. The second-order valence-corrected chi connectivity index (χ2v) is 10.0. The zero-order valence-electron chi connectivity index (χ0n) is 22.2. The molecule has 1 aromatic heterocycles. The second-order valence-electron chi connectivity index (χ2n) is 10.0. The Kier molecular flexibility index (Phi) is 6.36. The number of benzene rings is 6. The van der Waals surface area contributed by atoms with Crippen LogP contribution in [0.15, 0.2) is 150 Å². The van der Waals surface area contributed by atoms with Crippen LogP contribution in [0.4, 0.5) is 17.1 Å². The first kappa shape index (κ1) is 24.9. The highest BCUT2D eigenvalue weighted by Crippen LogP contribution is 2.39. The van der Waals surface area contributed by atoms with Crippen molar-refractivity contribution >= 4 is 51.6 Å². The highest BCUT2D eigenvalue weighted by molar-refractivity contribution is 6.58. The van der Waals surface area contributed by atoms with Crippen LogP contribution in [0.25, 0.3) is 44.2 Å². The highest BCUT2D eigenvalue weighted by atomic mass is 16.4. The molecule has 0 amide bonds. The molecule has 0 aliphatic carbocycles. The van der Waals surface area contributed by atoms with E-state index in [1.807, 2.05) is 48.5 Å². The number of hydrogen-bond acceptors (Lipinski definition) is 4. The van der Waals surface area contributed by atoms with E-state index in [9.17, 15) is 10.0 Å². The lowest BCUT2D eigenvalue weighted by molar-refractivity contribution is 0.426. The minimum Gasteiger partial charge on any atom is -0.455 e. The van der Waals surface area contributed by atoms with Crippen LogP contribution < -0.4 is 10.4 Å². The van der Waals surface area contributed by atoms with E-state index in [4.69, 9.17) is 4.42 Å². The van der Waals surface area contributed by atoms with Gasteiger partial charge in [-0.2, -0.15) is 0 Å². The Morgan fingerprint density at radius 1 is 0.463 bits per heavy atom. The van der Waals surface area contributed by atoms with Gasteiger partial charge in [0.1, 0.15) is 11.2 Å². The fourth-order valence-corrected chi connectivity index (χ4v) is 5.44. The molecule has 6 aromatic carbocycles. The lowest BCUT2D eigenvalue weighted by Gasteiger charge is -2.26. The molecule has 196 valence electrons. The number of hydrogen-bond donors (Lipinski definition) is 2. The molecule has 7 rings (SSSR count). The van der Waals surface area contributed by atoms with Crippen molar-refractivity contribution < 1.29 is 14.5 Å². The molecular formula is C36H26BNO3.